The fourth-order valence-corrected chi connectivity index (χ4v) is 1.89. The molecule has 4 heteroatoms. The summed E-state index contributed by atoms with van der Waals surface area (Å²) in [5.41, 5.74) is 1.06. The molecule has 1 atom stereocenters. The number of hydrogen-bond donors (Lipinski definition) is 1. The van der Waals surface area contributed by atoms with Crippen LogP contribution in [0.2, 0.25) is 0 Å². The van der Waals surface area contributed by atoms with Crippen LogP contribution in [0.4, 0.5) is 0 Å². The minimum Gasteiger partial charge on any atom is -0.494 e. The molecular formula is C15H23NO3. The number of esters is 1. The van der Waals surface area contributed by atoms with Crippen LogP contribution in [-0.2, 0) is 16.0 Å². The average Bonchev–Trinajstić information content (AvgIpc) is 2.39. The van der Waals surface area contributed by atoms with Crippen molar-refractivity contribution < 1.29 is 14.3 Å². The Morgan fingerprint density at radius 3 is 2.68 bits per heavy atom. The van der Waals surface area contributed by atoms with Gasteiger partial charge in [-0.2, -0.15) is 0 Å². The van der Waals surface area contributed by atoms with Crippen LogP contribution in [-0.4, -0.2) is 31.8 Å². The van der Waals surface area contributed by atoms with E-state index in [-0.39, 0.29) is 12.0 Å². The van der Waals surface area contributed by atoms with E-state index in [1.165, 1.54) is 0 Å². The molecule has 0 unspecified atom stereocenters. The molecule has 0 saturated carbocycles. The first-order valence-corrected chi connectivity index (χ1v) is 6.83. The number of nitrogens with one attached hydrogen (secondary N) is 1. The zero-order chi connectivity index (χ0) is 14.1. The summed E-state index contributed by atoms with van der Waals surface area (Å²) in [6.45, 7) is 7.51. The standard InChI is InChI=1S/C15H23NO3/c1-4-16-14(15(17)19-6-3)11-12-8-7-9-13(10-12)18-5-2/h7-10,14,16H,4-6,11H2,1-3H3/t14-/m0/s1. The molecule has 0 aliphatic heterocycles. The highest BCUT2D eigenvalue weighted by atomic mass is 16.5. The van der Waals surface area contributed by atoms with E-state index < -0.39 is 0 Å². The van der Waals surface area contributed by atoms with Gasteiger partial charge in [0.1, 0.15) is 11.8 Å². The summed E-state index contributed by atoms with van der Waals surface area (Å²) >= 11 is 0. The van der Waals surface area contributed by atoms with Crippen molar-refractivity contribution in [2.45, 2.75) is 33.2 Å². The first-order chi connectivity index (χ1) is 9.21. The lowest BCUT2D eigenvalue weighted by Crippen LogP contribution is -2.39. The molecule has 0 aromatic heterocycles. The van der Waals surface area contributed by atoms with Crippen LogP contribution in [0.15, 0.2) is 24.3 Å². The van der Waals surface area contributed by atoms with Crippen LogP contribution in [0, 0.1) is 0 Å². The van der Waals surface area contributed by atoms with Crippen LogP contribution < -0.4 is 10.1 Å². The summed E-state index contributed by atoms with van der Waals surface area (Å²) in [6.07, 6.45) is 0.605. The zero-order valence-electron chi connectivity index (χ0n) is 11.9. The van der Waals surface area contributed by atoms with E-state index in [0.717, 1.165) is 17.9 Å². The number of benzene rings is 1. The molecule has 106 valence electrons. The minimum atomic E-state index is -0.304. The molecule has 0 radical (unpaired) electrons. The van der Waals surface area contributed by atoms with Gasteiger partial charge < -0.3 is 14.8 Å². The Morgan fingerprint density at radius 2 is 2.05 bits per heavy atom. The zero-order valence-corrected chi connectivity index (χ0v) is 11.9. The van der Waals surface area contributed by atoms with Gasteiger partial charge in [0.15, 0.2) is 0 Å². The fraction of sp³-hybridized carbons (Fsp3) is 0.533. The third kappa shape index (κ3) is 5.30. The summed E-state index contributed by atoms with van der Waals surface area (Å²) in [5.74, 6) is 0.630. The Morgan fingerprint density at radius 1 is 1.26 bits per heavy atom. The normalized spacial score (nSPS) is 11.9. The number of rotatable bonds is 8. The quantitative estimate of drug-likeness (QED) is 0.732. The van der Waals surface area contributed by atoms with Gasteiger partial charge in [-0.1, -0.05) is 19.1 Å². The first-order valence-electron chi connectivity index (χ1n) is 6.83. The maximum atomic E-state index is 11.8. The molecule has 0 fully saturated rings. The molecule has 4 nitrogen and oxygen atoms in total. The van der Waals surface area contributed by atoms with Crippen molar-refractivity contribution in [2.75, 3.05) is 19.8 Å². The second kappa shape index (κ2) is 8.53. The lowest BCUT2D eigenvalue weighted by atomic mass is 10.1. The molecule has 1 rings (SSSR count). The predicted molar refractivity (Wildman–Crippen MR) is 75.4 cm³/mol. The second-order valence-corrected chi connectivity index (χ2v) is 4.15. The molecule has 1 N–H and O–H groups in total. The van der Waals surface area contributed by atoms with Crippen LogP contribution in [0.3, 0.4) is 0 Å². The van der Waals surface area contributed by atoms with Gasteiger partial charge in [-0.05, 0) is 44.5 Å². The molecule has 1 aromatic carbocycles. The van der Waals surface area contributed by atoms with Gasteiger partial charge in [-0.15, -0.1) is 0 Å². The lowest BCUT2D eigenvalue weighted by molar-refractivity contribution is -0.145. The lowest BCUT2D eigenvalue weighted by Gasteiger charge is -2.16. The number of carbonyl (C=O) groups excluding carboxylic acids is 1. The molecule has 0 spiro atoms. The van der Waals surface area contributed by atoms with E-state index >= 15 is 0 Å². The van der Waals surface area contributed by atoms with E-state index in [9.17, 15) is 4.79 Å². The van der Waals surface area contributed by atoms with E-state index in [0.29, 0.717) is 19.6 Å². The second-order valence-electron chi connectivity index (χ2n) is 4.15. The topological polar surface area (TPSA) is 47.6 Å². The molecule has 0 aliphatic carbocycles. The van der Waals surface area contributed by atoms with Crippen LogP contribution in [0.1, 0.15) is 26.3 Å². The number of likely N-dealkylation sites (N-methyl/N-ethyl adjacent to an activating group) is 1. The smallest absolute Gasteiger partial charge is 0.323 e. The van der Waals surface area contributed by atoms with Gasteiger partial charge >= 0.3 is 5.97 Å². The summed E-state index contributed by atoms with van der Waals surface area (Å²) in [4.78, 5) is 11.8. The number of ether oxygens (including phenoxy) is 2. The van der Waals surface area contributed by atoms with Crippen molar-refractivity contribution >= 4 is 5.97 Å². The van der Waals surface area contributed by atoms with Crippen molar-refractivity contribution in [2.24, 2.45) is 0 Å². The summed E-state index contributed by atoms with van der Waals surface area (Å²) < 4.78 is 10.5. The maximum Gasteiger partial charge on any atom is 0.323 e. The molecular weight excluding hydrogens is 242 g/mol. The van der Waals surface area contributed by atoms with Crippen molar-refractivity contribution in [1.29, 1.82) is 0 Å². The van der Waals surface area contributed by atoms with Crippen molar-refractivity contribution in [3.8, 4) is 5.75 Å². The summed E-state index contributed by atoms with van der Waals surface area (Å²) in [7, 11) is 0. The third-order valence-corrected chi connectivity index (χ3v) is 2.67. The summed E-state index contributed by atoms with van der Waals surface area (Å²) in [6, 6.07) is 7.51. The molecule has 0 amide bonds. The Balaban J connectivity index is 2.72. The van der Waals surface area contributed by atoms with Gasteiger partial charge in [0, 0.05) is 0 Å². The first kappa shape index (κ1) is 15.5. The molecule has 0 aliphatic rings. The molecule has 19 heavy (non-hydrogen) atoms. The van der Waals surface area contributed by atoms with Gasteiger partial charge in [-0.25, -0.2) is 0 Å². The third-order valence-electron chi connectivity index (χ3n) is 2.67. The molecule has 0 saturated heterocycles. The van der Waals surface area contributed by atoms with E-state index in [4.69, 9.17) is 9.47 Å². The van der Waals surface area contributed by atoms with E-state index in [1.54, 1.807) is 0 Å². The Kier molecular flexibility index (Phi) is 6.97. The average molecular weight is 265 g/mol. The number of hydrogen-bond acceptors (Lipinski definition) is 4. The van der Waals surface area contributed by atoms with Gasteiger partial charge in [0.2, 0.25) is 0 Å². The van der Waals surface area contributed by atoms with Crippen LogP contribution in [0.5, 0.6) is 5.75 Å². The highest BCUT2D eigenvalue weighted by molar-refractivity contribution is 5.76. The monoisotopic (exact) mass is 265 g/mol. The van der Waals surface area contributed by atoms with Crippen molar-refractivity contribution in [3.05, 3.63) is 29.8 Å². The molecule has 0 bridgehead atoms. The summed E-state index contributed by atoms with van der Waals surface area (Å²) in [5, 5.41) is 3.15. The van der Waals surface area contributed by atoms with E-state index in [2.05, 4.69) is 5.32 Å². The molecule has 1 aromatic rings. The van der Waals surface area contributed by atoms with Crippen LogP contribution in [0.25, 0.3) is 0 Å². The molecule has 0 heterocycles. The van der Waals surface area contributed by atoms with Gasteiger partial charge in [0.05, 0.1) is 13.2 Å². The maximum absolute atomic E-state index is 11.8. The Bertz CT molecular complexity index is 393. The van der Waals surface area contributed by atoms with Crippen molar-refractivity contribution in [1.82, 2.24) is 5.32 Å². The highest BCUT2D eigenvalue weighted by Crippen LogP contribution is 2.15. The number of carbonyl (C=O) groups is 1. The Hall–Kier alpha value is -1.55. The SMILES string of the molecule is CCN[C@@H](Cc1cccc(OCC)c1)C(=O)OCC. The minimum absolute atomic E-state index is 0.203. The Labute approximate surface area is 115 Å². The van der Waals surface area contributed by atoms with Gasteiger partial charge in [0.25, 0.3) is 0 Å². The highest BCUT2D eigenvalue weighted by Gasteiger charge is 2.19. The largest absolute Gasteiger partial charge is 0.494 e. The predicted octanol–water partition coefficient (Wildman–Crippen LogP) is 2.17. The van der Waals surface area contributed by atoms with Gasteiger partial charge in [-0.3, -0.25) is 4.79 Å². The fourth-order valence-electron chi connectivity index (χ4n) is 1.89. The van der Waals surface area contributed by atoms with Crippen LogP contribution >= 0.6 is 0 Å². The van der Waals surface area contributed by atoms with E-state index in [1.807, 2.05) is 45.0 Å². The van der Waals surface area contributed by atoms with Crippen molar-refractivity contribution in [3.63, 3.8) is 0 Å².